The second kappa shape index (κ2) is 4.72. The van der Waals surface area contributed by atoms with Gasteiger partial charge in [-0.1, -0.05) is 6.07 Å². The van der Waals surface area contributed by atoms with Crippen molar-refractivity contribution in [3.8, 4) is 0 Å². The van der Waals surface area contributed by atoms with E-state index in [0.717, 1.165) is 17.5 Å². The number of alkyl halides is 1. The lowest BCUT2D eigenvalue weighted by molar-refractivity contribution is 0.554. The Morgan fingerprint density at radius 3 is 3.06 bits per heavy atom. The van der Waals surface area contributed by atoms with Crippen LogP contribution in [-0.4, -0.2) is 17.9 Å². The molecule has 0 saturated heterocycles. The van der Waals surface area contributed by atoms with Crippen molar-refractivity contribution in [2.75, 3.05) is 12.9 Å². The van der Waals surface area contributed by atoms with Gasteiger partial charge < -0.3 is 9.73 Å². The maximum absolute atomic E-state index is 11.0. The van der Waals surface area contributed by atoms with Gasteiger partial charge in [0.2, 0.25) is 0 Å². The molecule has 0 bridgehead atoms. The van der Waals surface area contributed by atoms with Crippen LogP contribution in [0.5, 0.6) is 0 Å². The molecule has 2 N–H and O–H groups in total. The van der Waals surface area contributed by atoms with Crippen molar-refractivity contribution < 1.29 is 4.42 Å². The molecular formula is C11H13ClN2O2. The van der Waals surface area contributed by atoms with Gasteiger partial charge in [0.25, 0.3) is 0 Å². The van der Waals surface area contributed by atoms with E-state index in [2.05, 4.69) is 10.3 Å². The zero-order valence-corrected chi connectivity index (χ0v) is 9.67. The van der Waals surface area contributed by atoms with Gasteiger partial charge in [0.15, 0.2) is 5.58 Å². The zero-order valence-electron chi connectivity index (χ0n) is 8.92. The van der Waals surface area contributed by atoms with Gasteiger partial charge in [-0.05, 0) is 31.2 Å². The molecular weight excluding hydrogens is 228 g/mol. The molecule has 2 aromatic rings. The van der Waals surface area contributed by atoms with Crippen molar-refractivity contribution in [1.82, 2.24) is 10.3 Å². The highest BCUT2D eigenvalue weighted by Crippen LogP contribution is 2.20. The average molecular weight is 241 g/mol. The van der Waals surface area contributed by atoms with Crippen LogP contribution in [0.3, 0.4) is 0 Å². The Morgan fingerprint density at radius 2 is 2.38 bits per heavy atom. The summed E-state index contributed by atoms with van der Waals surface area (Å²) in [5.74, 6) is 0.163. The fourth-order valence-corrected chi connectivity index (χ4v) is 1.99. The molecule has 86 valence electrons. The molecule has 0 amide bonds. The minimum Gasteiger partial charge on any atom is -0.408 e. The second-order valence-electron chi connectivity index (χ2n) is 3.59. The topological polar surface area (TPSA) is 58.0 Å². The normalized spacial score (nSPS) is 13.1. The summed E-state index contributed by atoms with van der Waals surface area (Å²) in [4.78, 5) is 13.6. The molecule has 0 aliphatic carbocycles. The van der Waals surface area contributed by atoms with Gasteiger partial charge in [-0.3, -0.25) is 4.98 Å². The molecule has 0 aliphatic heterocycles. The van der Waals surface area contributed by atoms with Crippen molar-refractivity contribution in [3.05, 3.63) is 34.3 Å². The maximum atomic E-state index is 11.0. The third-order valence-corrected chi connectivity index (χ3v) is 2.81. The molecule has 1 atom stereocenters. The Kier molecular flexibility index (Phi) is 3.31. The molecule has 0 spiro atoms. The van der Waals surface area contributed by atoms with Gasteiger partial charge >= 0.3 is 5.76 Å². The van der Waals surface area contributed by atoms with Crippen LogP contribution in [0.2, 0.25) is 0 Å². The van der Waals surface area contributed by atoms with Crippen LogP contribution >= 0.6 is 11.6 Å². The van der Waals surface area contributed by atoms with E-state index in [4.69, 9.17) is 16.0 Å². The molecule has 1 aromatic heterocycles. The lowest BCUT2D eigenvalue weighted by atomic mass is 10.0. The largest absolute Gasteiger partial charge is 0.417 e. The lowest BCUT2D eigenvalue weighted by Crippen LogP contribution is -2.16. The van der Waals surface area contributed by atoms with Crippen molar-refractivity contribution in [1.29, 1.82) is 0 Å². The van der Waals surface area contributed by atoms with Crippen molar-refractivity contribution in [3.63, 3.8) is 0 Å². The van der Waals surface area contributed by atoms with E-state index in [1.807, 2.05) is 19.2 Å². The summed E-state index contributed by atoms with van der Waals surface area (Å²) in [5.41, 5.74) is 2.39. The van der Waals surface area contributed by atoms with Crippen LogP contribution < -0.4 is 11.1 Å². The molecule has 1 heterocycles. The number of rotatable bonds is 4. The summed E-state index contributed by atoms with van der Waals surface area (Å²) in [7, 11) is 1.89. The molecule has 4 nitrogen and oxygen atoms in total. The van der Waals surface area contributed by atoms with E-state index in [1.54, 1.807) is 6.07 Å². The van der Waals surface area contributed by atoms with Gasteiger partial charge in [0.1, 0.15) is 0 Å². The average Bonchev–Trinajstić information content (AvgIpc) is 2.64. The van der Waals surface area contributed by atoms with Gasteiger partial charge in [-0.15, -0.1) is 11.6 Å². The third-order valence-electron chi connectivity index (χ3n) is 2.59. The fraction of sp³-hybridized carbons (Fsp3) is 0.364. The van der Waals surface area contributed by atoms with Gasteiger partial charge in [-0.2, -0.15) is 0 Å². The first-order valence-electron chi connectivity index (χ1n) is 5.10. The van der Waals surface area contributed by atoms with Crippen molar-refractivity contribution in [2.45, 2.75) is 12.5 Å². The molecule has 0 radical (unpaired) electrons. The Morgan fingerprint density at radius 1 is 1.56 bits per heavy atom. The number of halogens is 1. The summed E-state index contributed by atoms with van der Waals surface area (Å²) in [5, 5.41) is 3.18. The summed E-state index contributed by atoms with van der Waals surface area (Å²) in [6.45, 7) is 0. The van der Waals surface area contributed by atoms with Crippen molar-refractivity contribution >= 4 is 22.7 Å². The number of aromatic nitrogens is 1. The molecule has 1 unspecified atom stereocenters. The molecule has 0 fully saturated rings. The van der Waals surface area contributed by atoms with E-state index in [1.165, 1.54) is 0 Å². The highest BCUT2D eigenvalue weighted by Gasteiger charge is 2.10. The quantitative estimate of drug-likeness (QED) is 0.804. The Labute approximate surface area is 97.6 Å². The first kappa shape index (κ1) is 11.2. The van der Waals surface area contributed by atoms with Crippen LogP contribution in [-0.2, 0) is 0 Å². The van der Waals surface area contributed by atoms with E-state index in [0.29, 0.717) is 11.5 Å². The number of fused-ring (bicyclic) bond motifs is 1. The van der Waals surface area contributed by atoms with Crippen LogP contribution in [0.15, 0.2) is 27.4 Å². The highest BCUT2D eigenvalue weighted by atomic mass is 35.5. The van der Waals surface area contributed by atoms with E-state index < -0.39 is 5.76 Å². The molecule has 0 aliphatic rings. The molecule has 0 saturated carbocycles. The molecule has 5 heteroatoms. The Hall–Kier alpha value is -1.26. The molecule has 16 heavy (non-hydrogen) atoms. The fourth-order valence-electron chi connectivity index (χ4n) is 1.77. The first-order chi connectivity index (χ1) is 7.74. The second-order valence-corrected chi connectivity index (χ2v) is 3.97. The predicted octanol–water partition coefficient (Wildman–Crippen LogP) is 2.01. The van der Waals surface area contributed by atoms with Crippen LogP contribution in [0.1, 0.15) is 18.0 Å². The number of H-pyrrole nitrogens is 1. The van der Waals surface area contributed by atoms with E-state index >= 15 is 0 Å². The smallest absolute Gasteiger partial charge is 0.408 e. The van der Waals surface area contributed by atoms with E-state index in [9.17, 15) is 4.79 Å². The first-order valence-corrected chi connectivity index (χ1v) is 5.64. The SMILES string of the molecule is CNC(CCCl)c1ccc2oc(=O)[nH]c2c1. The summed E-state index contributed by atoms with van der Waals surface area (Å²) < 4.78 is 4.94. The Bertz CT molecular complexity index is 532. The van der Waals surface area contributed by atoms with Crippen molar-refractivity contribution in [2.24, 2.45) is 0 Å². The van der Waals surface area contributed by atoms with Gasteiger partial charge in [0.05, 0.1) is 5.52 Å². The number of benzene rings is 1. The zero-order chi connectivity index (χ0) is 11.5. The van der Waals surface area contributed by atoms with Crippen LogP contribution in [0.4, 0.5) is 0 Å². The lowest BCUT2D eigenvalue weighted by Gasteiger charge is -2.14. The minimum absolute atomic E-state index is 0.195. The molecule has 2 rings (SSSR count). The predicted molar refractivity (Wildman–Crippen MR) is 64.0 cm³/mol. The number of oxazole rings is 1. The summed E-state index contributed by atoms with van der Waals surface area (Å²) in [6.07, 6.45) is 0.839. The maximum Gasteiger partial charge on any atom is 0.417 e. The number of nitrogens with one attached hydrogen (secondary N) is 2. The standard InChI is InChI=1S/C11H13ClN2O2/c1-13-8(4-5-12)7-2-3-10-9(6-7)14-11(15)16-10/h2-3,6,8,13H,4-5H2,1H3,(H,14,15). The highest BCUT2D eigenvalue weighted by molar-refractivity contribution is 6.17. The Balaban J connectivity index is 2.40. The van der Waals surface area contributed by atoms with Crippen LogP contribution in [0.25, 0.3) is 11.1 Å². The summed E-state index contributed by atoms with van der Waals surface area (Å²) in [6, 6.07) is 5.84. The number of hydrogen-bond donors (Lipinski definition) is 2. The third kappa shape index (κ3) is 2.13. The summed E-state index contributed by atoms with van der Waals surface area (Å²) >= 11 is 5.73. The van der Waals surface area contributed by atoms with Gasteiger partial charge in [0, 0.05) is 11.9 Å². The molecule has 1 aromatic carbocycles. The number of aromatic amines is 1. The van der Waals surface area contributed by atoms with E-state index in [-0.39, 0.29) is 6.04 Å². The number of hydrogen-bond acceptors (Lipinski definition) is 3. The van der Waals surface area contributed by atoms with Crippen LogP contribution in [0, 0.1) is 0 Å². The minimum atomic E-state index is -0.425. The van der Waals surface area contributed by atoms with Gasteiger partial charge in [-0.25, -0.2) is 4.79 Å². The monoisotopic (exact) mass is 240 g/mol.